The van der Waals surface area contributed by atoms with Gasteiger partial charge in [-0.3, -0.25) is 4.79 Å². The standard InChI is InChI=1S/C30H38N6O/c37-29(34-21-25-6-2-1-3-7-25)20-24-9-11-28(12-10-24)35-18-13-27(14-19-35)33-22-26-8-4-17-36(23-26)30-31-15-5-16-32-30/h1-3,5-7,9-12,15-16,26-27,33H,4,8,13-14,17-23H2,(H,34,37)/t26-/m0/s1. The third-order valence-corrected chi connectivity index (χ3v) is 7.54. The van der Waals surface area contributed by atoms with Crippen molar-refractivity contribution in [2.75, 3.05) is 42.5 Å². The van der Waals surface area contributed by atoms with E-state index in [1.165, 1.54) is 18.5 Å². The molecule has 0 saturated carbocycles. The number of rotatable bonds is 9. The zero-order chi connectivity index (χ0) is 25.3. The van der Waals surface area contributed by atoms with Gasteiger partial charge in [0.05, 0.1) is 6.42 Å². The molecular weight excluding hydrogens is 460 g/mol. The molecule has 5 rings (SSSR count). The van der Waals surface area contributed by atoms with Gasteiger partial charge in [0.2, 0.25) is 11.9 Å². The van der Waals surface area contributed by atoms with Crippen molar-refractivity contribution in [3.05, 3.63) is 84.2 Å². The highest BCUT2D eigenvalue weighted by Gasteiger charge is 2.24. The molecule has 7 nitrogen and oxygen atoms in total. The summed E-state index contributed by atoms with van der Waals surface area (Å²) in [5.41, 5.74) is 3.41. The first-order valence-electron chi connectivity index (χ1n) is 13.6. The zero-order valence-corrected chi connectivity index (χ0v) is 21.6. The molecule has 2 fully saturated rings. The Bertz CT molecular complexity index is 1100. The van der Waals surface area contributed by atoms with E-state index in [2.05, 4.69) is 54.7 Å². The Hall–Kier alpha value is -3.45. The van der Waals surface area contributed by atoms with Gasteiger partial charge in [-0.25, -0.2) is 9.97 Å². The summed E-state index contributed by atoms with van der Waals surface area (Å²) < 4.78 is 0. The predicted octanol–water partition coefficient (Wildman–Crippen LogP) is 3.81. The van der Waals surface area contributed by atoms with Crippen LogP contribution in [-0.4, -0.2) is 54.6 Å². The number of aromatic nitrogens is 2. The maximum absolute atomic E-state index is 12.3. The molecular formula is C30H38N6O. The monoisotopic (exact) mass is 498 g/mol. The average molecular weight is 499 g/mol. The molecule has 2 N–H and O–H groups in total. The second kappa shape index (κ2) is 12.7. The first-order chi connectivity index (χ1) is 18.2. The van der Waals surface area contributed by atoms with Gasteiger partial charge in [0, 0.05) is 56.8 Å². The number of hydrogen-bond donors (Lipinski definition) is 2. The van der Waals surface area contributed by atoms with E-state index in [9.17, 15) is 4.79 Å². The Labute approximate surface area is 220 Å². The van der Waals surface area contributed by atoms with Crippen LogP contribution in [0.3, 0.4) is 0 Å². The molecule has 0 radical (unpaired) electrons. The van der Waals surface area contributed by atoms with Crippen LogP contribution in [0.25, 0.3) is 0 Å². The van der Waals surface area contributed by atoms with Gasteiger partial charge in [-0.05, 0) is 67.5 Å². The Morgan fingerprint density at radius 1 is 0.838 bits per heavy atom. The van der Waals surface area contributed by atoms with E-state index in [0.29, 0.717) is 24.9 Å². The molecule has 2 saturated heterocycles. The molecule has 3 heterocycles. The number of benzene rings is 2. The lowest BCUT2D eigenvalue weighted by molar-refractivity contribution is -0.120. The van der Waals surface area contributed by atoms with Crippen LogP contribution in [0.1, 0.15) is 36.8 Å². The number of nitrogens with zero attached hydrogens (tertiary/aromatic N) is 4. The van der Waals surface area contributed by atoms with Crippen LogP contribution < -0.4 is 20.4 Å². The van der Waals surface area contributed by atoms with Gasteiger partial charge in [-0.1, -0.05) is 42.5 Å². The lowest BCUT2D eigenvalue weighted by Gasteiger charge is -2.36. The molecule has 0 aliphatic carbocycles. The summed E-state index contributed by atoms with van der Waals surface area (Å²) in [6.07, 6.45) is 8.85. The Morgan fingerprint density at radius 2 is 1.59 bits per heavy atom. The molecule has 0 bridgehead atoms. The summed E-state index contributed by atoms with van der Waals surface area (Å²) in [6, 6.07) is 21.0. The molecule has 0 unspecified atom stereocenters. The van der Waals surface area contributed by atoms with Gasteiger partial charge in [0.1, 0.15) is 0 Å². The number of anilines is 2. The fourth-order valence-electron chi connectivity index (χ4n) is 5.41. The lowest BCUT2D eigenvalue weighted by atomic mass is 9.96. The highest BCUT2D eigenvalue weighted by Crippen LogP contribution is 2.23. The van der Waals surface area contributed by atoms with Crippen molar-refractivity contribution in [3.8, 4) is 0 Å². The van der Waals surface area contributed by atoms with E-state index in [0.717, 1.165) is 62.6 Å². The first kappa shape index (κ1) is 25.2. The summed E-state index contributed by atoms with van der Waals surface area (Å²) in [7, 11) is 0. The number of piperidine rings is 2. The normalized spacial score (nSPS) is 18.5. The van der Waals surface area contributed by atoms with Crippen LogP contribution in [0.5, 0.6) is 0 Å². The molecule has 37 heavy (non-hydrogen) atoms. The topological polar surface area (TPSA) is 73.4 Å². The fourth-order valence-corrected chi connectivity index (χ4v) is 5.41. The lowest BCUT2D eigenvalue weighted by Crippen LogP contribution is -2.46. The van der Waals surface area contributed by atoms with E-state index < -0.39 is 0 Å². The summed E-state index contributed by atoms with van der Waals surface area (Å²) in [5, 5.41) is 6.86. The second-order valence-corrected chi connectivity index (χ2v) is 10.3. The predicted molar refractivity (Wildman–Crippen MR) is 149 cm³/mol. The summed E-state index contributed by atoms with van der Waals surface area (Å²) in [6.45, 7) is 5.84. The summed E-state index contributed by atoms with van der Waals surface area (Å²) >= 11 is 0. The molecule has 3 aromatic rings. The number of amides is 1. The minimum atomic E-state index is 0.0564. The van der Waals surface area contributed by atoms with Gasteiger partial charge in [0.15, 0.2) is 0 Å². The number of carbonyl (C=O) groups is 1. The largest absolute Gasteiger partial charge is 0.371 e. The van der Waals surface area contributed by atoms with Crippen molar-refractivity contribution in [2.24, 2.45) is 5.92 Å². The van der Waals surface area contributed by atoms with Crippen molar-refractivity contribution < 1.29 is 4.79 Å². The molecule has 2 aliphatic heterocycles. The van der Waals surface area contributed by atoms with Gasteiger partial charge < -0.3 is 20.4 Å². The third-order valence-electron chi connectivity index (χ3n) is 7.54. The van der Waals surface area contributed by atoms with Crippen molar-refractivity contribution in [1.29, 1.82) is 0 Å². The zero-order valence-electron chi connectivity index (χ0n) is 21.6. The van der Waals surface area contributed by atoms with Crippen LogP contribution in [0.4, 0.5) is 11.6 Å². The van der Waals surface area contributed by atoms with Crippen molar-refractivity contribution in [1.82, 2.24) is 20.6 Å². The maximum atomic E-state index is 12.3. The maximum Gasteiger partial charge on any atom is 0.225 e. The quantitative estimate of drug-likeness (QED) is 0.468. The Balaban J connectivity index is 1.02. The molecule has 2 aromatic carbocycles. The summed E-state index contributed by atoms with van der Waals surface area (Å²) in [4.78, 5) is 26.0. The van der Waals surface area contributed by atoms with Crippen LogP contribution in [-0.2, 0) is 17.8 Å². The van der Waals surface area contributed by atoms with E-state index in [1.54, 1.807) is 0 Å². The van der Waals surface area contributed by atoms with Crippen molar-refractivity contribution in [3.63, 3.8) is 0 Å². The van der Waals surface area contributed by atoms with Crippen molar-refractivity contribution >= 4 is 17.5 Å². The smallest absolute Gasteiger partial charge is 0.225 e. The molecule has 1 aromatic heterocycles. The highest BCUT2D eigenvalue weighted by molar-refractivity contribution is 5.78. The number of nitrogens with one attached hydrogen (secondary N) is 2. The average Bonchev–Trinajstić information content (AvgIpc) is 2.97. The van der Waals surface area contributed by atoms with Gasteiger partial charge in [0.25, 0.3) is 0 Å². The molecule has 194 valence electrons. The third kappa shape index (κ3) is 7.29. The first-order valence-corrected chi connectivity index (χ1v) is 13.6. The minimum Gasteiger partial charge on any atom is -0.371 e. The van der Waals surface area contributed by atoms with Crippen LogP contribution in [0.2, 0.25) is 0 Å². The Kier molecular flexibility index (Phi) is 8.64. The molecule has 0 spiro atoms. The minimum absolute atomic E-state index is 0.0564. The molecule has 2 aliphatic rings. The van der Waals surface area contributed by atoms with Gasteiger partial charge in [-0.2, -0.15) is 0 Å². The van der Waals surface area contributed by atoms with Crippen LogP contribution >= 0.6 is 0 Å². The SMILES string of the molecule is O=C(Cc1ccc(N2CCC(NC[C@@H]3CCCN(c4ncccn4)C3)CC2)cc1)NCc1ccccc1. The van der Waals surface area contributed by atoms with E-state index in [1.807, 2.05) is 48.8 Å². The van der Waals surface area contributed by atoms with Gasteiger partial charge >= 0.3 is 0 Å². The highest BCUT2D eigenvalue weighted by atomic mass is 16.1. The van der Waals surface area contributed by atoms with Crippen LogP contribution in [0, 0.1) is 5.92 Å². The fraction of sp³-hybridized carbons (Fsp3) is 0.433. The van der Waals surface area contributed by atoms with Crippen molar-refractivity contribution in [2.45, 2.75) is 44.7 Å². The van der Waals surface area contributed by atoms with Crippen LogP contribution in [0.15, 0.2) is 73.1 Å². The van der Waals surface area contributed by atoms with E-state index in [4.69, 9.17) is 0 Å². The Morgan fingerprint density at radius 3 is 2.35 bits per heavy atom. The number of hydrogen-bond acceptors (Lipinski definition) is 6. The van der Waals surface area contributed by atoms with E-state index in [-0.39, 0.29) is 5.91 Å². The molecule has 1 atom stereocenters. The molecule has 7 heteroatoms. The molecule has 1 amide bonds. The van der Waals surface area contributed by atoms with E-state index >= 15 is 0 Å². The number of carbonyl (C=O) groups excluding carboxylic acids is 1. The summed E-state index contributed by atoms with van der Waals surface area (Å²) in [5.74, 6) is 1.56. The second-order valence-electron chi connectivity index (χ2n) is 10.3. The van der Waals surface area contributed by atoms with Gasteiger partial charge in [-0.15, -0.1) is 0 Å².